The lowest BCUT2D eigenvalue weighted by Gasteiger charge is -2.39. The van der Waals surface area contributed by atoms with E-state index in [1.807, 2.05) is 18.7 Å². The minimum absolute atomic E-state index is 0.00861. The summed E-state index contributed by atoms with van der Waals surface area (Å²) >= 11 is 1.37. The number of hydrogen-bond acceptors (Lipinski definition) is 6. The van der Waals surface area contributed by atoms with E-state index >= 15 is 0 Å². The van der Waals surface area contributed by atoms with Crippen LogP contribution in [0.4, 0.5) is 9.52 Å². The van der Waals surface area contributed by atoms with Gasteiger partial charge in [-0.25, -0.2) is 9.37 Å². The van der Waals surface area contributed by atoms with E-state index in [0.717, 1.165) is 35.9 Å². The van der Waals surface area contributed by atoms with Crippen molar-refractivity contribution in [1.82, 2.24) is 14.3 Å². The molecule has 4 rings (SSSR count). The third-order valence-corrected chi connectivity index (χ3v) is 6.32. The van der Waals surface area contributed by atoms with Crippen LogP contribution in [-0.4, -0.2) is 58.6 Å². The quantitative estimate of drug-likeness (QED) is 0.764. The Morgan fingerprint density at radius 1 is 1.21 bits per heavy atom. The maximum Gasteiger partial charge on any atom is 0.227 e. The van der Waals surface area contributed by atoms with E-state index in [4.69, 9.17) is 4.74 Å². The monoisotopic (exact) mass is 418 g/mol. The Hall–Kier alpha value is -2.06. The van der Waals surface area contributed by atoms with Crippen LogP contribution in [0.1, 0.15) is 38.1 Å². The van der Waals surface area contributed by atoms with Crippen LogP contribution in [0, 0.1) is 11.7 Å². The molecule has 156 valence electrons. The Balaban J connectivity index is 1.39. The molecule has 1 amide bonds. The number of halogens is 1. The highest BCUT2D eigenvalue weighted by Crippen LogP contribution is 2.27. The van der Waals surface area contributed by atoms with Crippen LogP contribution in [-0.2, 0) is 16.0 Å². The smallest absolute Gasteiger partial charge is 0.227 e. The van der Waals surface area contributed by atoms with Crippen molar-refractivity contribution in [3.05, 3.63) is 41.5 Å². The largest absolute Gasteiger partial charge is 0.372 e. The number of carbonyl (C=O) groups is 1. The lowest BCUT2D eigenvalue weighted by molar-refractivity contribution is -0.147. The number of carbonyl (C=O) groups excluding carboxylic acids is 1. The molecule has 3 unspecified atom stereocenters. The molecule has 0 N–H and O–H groups in total. The van der Waals surface area contributed by atoms with E-state index < -0.39 is 0 Å². The van der Waals surface area contributed by atoms with E-state index in [2.05, 4.69) is 14.3 Å². The molecule has 0 bridgehead atoms. The molecule has 2 aliphatic heterocycles. The first-order chi connectivity index (χ1) is 14.0. The zero-order valence-electron chi connectivity index (χ0n) is 16.9. The molecule has 0 saturated carbocycles. The predicted molar refractivity (Wildman–Crippen MR) is 111 cm³/mol. The summed E-state index contributed by atoms with van der Waals surface area (Å²) < 4.78 is 23.3. The molecular formula is C21H27FN4O2S. The van der Waals surface area contributed by atoms with Crippen LogP contribution in [0.2, 0.25) is 0 Å². The third-order valence-electron chi connectivity index (χ3n) is 5.51. The van der Waals surface area contributed by atoms with Crippen molar-refractivity contribution in [2.24, 2.45) is 5.92 Å². The number of hydrogen-bond donors (Lipinski definition) is 0. The zero-order valence-corrected chi connectivity index (χ0v) is 17.7. The first kappa shape index (κ1) is 20.2. The number of nitrogens with zero attached hydrogens (tertiary/aromatic N) is 4. The summed E-state index contributed by atoms with van der Waals surface area (Å²) in [6, 6.07) is 6.43. The number of piperidine rings is 1. The summed E-state index contributed by atoms with van der Waals surface area (Å²) in [6.07, 6.45) is 2.63. The Morgan fingerprint density at radius 2 is 1.93 bits per heavy atom. The molecular weight excluding hydrogens is 391 g/mol. The fraction of sp³-hybridized carbons (Fsp3) is 0.571. The van der Waals surface area contributed by atoms with Crippen LogP contribution in [0.5, 0.6) is 0 Å². The number of ether oxygens (including phenoxy) is 1. The van der Waals surface area contributed by atoms with Gasteiger partial charge < -0.3 is 14.5 Å². The van der Waals surface area contributed by atoms with Gasteiger partial charge in [0.15, 0.2) is 0 Å². The van der Waals surface area contributed by atoms with Crippen LogP contribution in [0.15, 0.2) is 24.3 Å². The highest BCUT2D eigenvalue weighted by Gasteiger charge is 2.33. The van der Waals surface area contributed by atoms with E-state index in [-0.39, 0.29) is 29.9 Å². The SMILES string of the molecule is CC1CN(C(=O)C2CCCN(c3nc(Cc4ccc(F)cc4)ns3)C2)CC(C)O1. The molecule has 0 radical (unpaired) electrons. The Morgan fingerprint density at radius 3 is 2.66 bits per heavy atom. The van der Waals surface area contributed by atoms with Gasteiger partial charge in [-0.05, 0) is 44.4 Å². The fourth-order valence-electron chi connectivity index (χ4n) is 4.20. The maximum atomic E-state index is 13.1. The van der Waals surface area contributed by atoms with Gasteiger partial charge in [-0.2, -0.15) is 4.37 Å². The maximum absolute atomic E-state index is 13.1. The van der Waals surface area contributed by atoms with Gasteiger partial charge >= 0.3 is 0 Å². The lowest BCUT2D eigenvalue weighted by Crippen LogP contribution is -2.52. The molecule has 3 heterocycles. The molecule has 0 aliphatic carbocycles. The Kier molecular flexibility index (Phi) is 6.10. The van der Waals surface area contributed by atoms with E-state index in [9.17, 15) is 9.18 Å². The molecule has 2 fully saturated rings. The van der Waals surface area contributed by atoms with Gasteiger partial charge in [0.1, 0.15) is 11.6 Å². The van der Waals surface area contributed by atoms with Crippen molar-refractivity contribution in [1.29, 1.82) is 0 Å². The van der Waals surface area contributed by atoms with Crippen LogP contribution >= 0.6 is 11.5 Å². The van der Waals surface area contributed by atoms with E-state index in [1.54, 1.807) is 12.1 Å². The van der Waals surface area contributed by atoms with Gasteiger partial charge in [-0.15, -0.1) is 0 Å². The fourth-order valence-corrected chi connectivity index (χ4v) is 4.92. The minimum atomic E-state index is -0.242. The lowest BCUT2D eigenvalue weighted by atomic mass is 9.96. The van der Waals surface area contributed by atoms with Crippen molar-refractivity contribution in [3.8, 4) is 0 Å². The minimum Gasteiger partial charge on any atom is -0.372 e. The number of anilines is 1. The van der Waals surface area contributed by atoms with Crippen LogP contribution in [0.25, 0.3) is 0 Å². The van der Waals surface area contributed by atoms with Crippen molar-refractivity contribution >= 4 is 22.6 Å². The van der Waals surface area contributed by atoms with Crippen molar-refractivity contribution in [2.75, 3.05) is 31.1 Å². The molecule has 6 nitrogen and oxygen atoms in total. The average molecular weight is 419 g/mol. The Bertz CT molecular complexity index is 833. The summed E-state index contributed by atoms with van der Waals surface area (Å²) in [4.78, 5) is 21.9. The van der Waals surface area contributed by atoms with Crippen LogP contribution in [0.3, 0.4) is 0 Å². The summed E-state index contributed by atoms with van der Waals surface area (Å²) in [5.41, 5.74) is 0.984. The van der Waals surface area contributed by atoms with Gasteiger partial charge in [0.05, 0.1) is 18.1 Å². The van der Waals surface area contributed by atoms with Gasteiger partial charge in [0.2, 0.25) is 11.0 Å². The van der Waals surface area contributed by atoms with Gasteiger partial charge in [-0.3, -0.25) is 4.79 Å². The topological polar surface area (TPSA) is 58.6 Å². The molecule has 2 aromatic rings. The molecule has 29 heavy (non-hydrogen) atoms. The number of aromatic nitrogens is 2. The second kappa shape index (κ2) is 8.75. The first-order valence-corrected chi connectivity index (χ1v) is 11.0. The number of benzene rings is 1. The summed E-state index contributed by atoms with van der Waals surface area (Å²) in [7, 11) is 0. The molecule has 1 aromatic heterocycles. The van der Waals surface area contributed by atoms with Gasteiger partial charge in [-0.1, -0.05) is 12.1 Å². The Labute approximate surface area is 174 Å². The molecule has 8 heteroatoms. The number of amides is 1. The molecule has 2 saturated heterocycles. The second-order valence-electron chi connectivity index (χ2n) is 8.08. The molecule has 2 aliphatic rings. The molecule has 3 atom stereocenters. The average Bonchev–Trinajstić information content (AvgIpc) is 3.17. The van der Waals surface area contributed by atoms with E-state index in [1.165, 1.54) is 23.7 Å². The van der Waals surface area contributed by atoms with Crippen LogP contribution < -0.4 is 4.90 Å². The predicted octanol–water partition coefficient (Wildman–Crippen LogP) is 3.12. The third kappa shape index (κ3) is 4.93. The van der Waals surface area contributed by atoms with Crippen molar-refractivity contribution < 1.29 is 13.9 Å². The highest BCUT2D eigenvalue weighted by molar-refractivity contribution is 7.09. The standard InChI is InChI=1S/C21H27FN4O2S/c1-14-11-26(12-15(2)28-14)20(27)17-4-3-9-25(13-17)21-23-19(24-29-21)10-16-5-7-18(22)8-6-16/h5-8,14-15,17H,3-4,9-13H2,1-2H3. The first-order valence-electron chi connectivity index (χ1n) is 10.2. The summed E-state index contributed by atoms with van der Waals surface area (Å²) in [5, 5.41) is 0.864. The highest BCUT2D eigenvalue weighted by atomic mass is 32.1. The summed E-state index contributed by atoms with van der Waals surface area (Å²) in [5.74, 6) is 0.716. The van der Waals surface area contributed by atoms with Gasteiger partial charge in [0.25, 0.3) is 0 Å². The van der Waals surface area contributed by atoms with Crippen molar-refractivity contribution in [3.63, 3.8) is 0 Å². The van der Waals surface area contributed by atoms with E-state index in [0.29, 0.717) is 26.1 Å². The normalized spacial score (nSPS) is 25.3. The summed E-state index contributed by atoms with van der Waals surface area (Å²) in [6.45, 7) is 6.95. The van der Waals surface area contributed by atoms with Crippen molar-refractivity contribution in [2.45, 2.75) is 45.3 Å². The number of morpholine rings is 1. The second-order valence-corrected chi connectivity index (χ2v) is 8.81. The zero-order chi connectivity index (χ0) is 20.4. The molecule has 1 aromatic carbocycles. The van der Waals surface area contributed by atoms with Gasteiger partial charge in [0, 0.05) is 44.1 Å². The number of rotatable bonds is 4. The molecule has 0 spiro atoms.